The average molecular weight is 234 g/mol. The highest BCUT2D eigenvalue weighted by Crippen LogP contribution is 2.13. The summed E-state index contributed by atoms with van der Waals surface area (Å²) >= 11 is 5.79. The fourth-order valence-electron chi connectivity index (χ4n) is 1.05. The molecule has 0 fully saturated rings. The molecule has 0 aliphatic rings. The van der Waals surface area contributed by atoms with E-state index in [1.54, 1.807) is 18.2 Å². The molecule has 0 radical (unpaired) electrons. The molecule has 0 N–H and O–H groups in total. The molecular weight excluding hydrogens is 226 g/mol. The third-order valence-corrected chi connectivity index (χ3v) is 2.00. The van der Waals surface area contributed by atoms with Crippen molar-refractivity contribution >= 4 is 17.9 Å². The second-order valence-electron chi connectivity index (χ2n) is 2.86. The summed E-state index contributed by atoms with van der Waals surface area (Å²) in [5.74, 6) is 5.62. The van der Waals surface area contributed by atoms with Crippen LogP contribution in [0.2, 0.25) is 5.02 Å². The van der Waals surface area contributed by atoms with Crippen LogP contribution in [0.5, 0.6) is 0 Å². The van der Waals surface area contributed by atoms with E-state index >= 15 is 0 Å². The highest BCUT2D eigenvalue weighted by Gasteiger charge is 1.98. The highest BCUT2D eigenvalue weighted by atomic mass is 35.5. The number of azide groups is 1. The minimum Gasteiger partial charge on any atom is -0.298 e. The Hall–Kier alpha value is -1.95. The molecule has 0 aliphatic heterocycles. The van der Waals surface area contributed by atoms with Crippen molar-refractivity contribution in [3.05, 3.63) is 44.8 Å². The van der Waals surface area contributed by atoms with Crippen LogP contribution in [0.4, 0.5) is 0 Å². The molecular formula is C11H8ClN3O. The normalized spacial score (nSPS) is 8.56. The molecule has 4 nitrogen and oxygen atoms in total. The topological polar surface area (TPSA) is 65.8 Å². The summed E-state index contributed by atoms with van der Waals surface area (Å²) in [7, 11) is 0. The summed E-state index contributed by atoms with van der Waals surface area (Å²) in [6.07, 6.45) is 1.18. The van der Waals surface area contributed by atoms with E-state index in [4.69, 9.17) is 17.1 Å². The Balaban J connectivity index is 2.82. The monoisotopic (exact) mass is 233 g/mol. The summed E-state index contributed by atoms with van der Waals surface area (Å²) in [5.41, 5.74) is 9.13. The molecule has 1 aromatic rings. The van der Waals surface area contributed by atoms with Gasteiger partial charge >= 0.3 is 0 Å². The minimum atomic E-state index is 0.320. The molecule has 16 heavy (non-hydrogen) atoms. The maximum absolute atomic E-state index is 10.7. The zero-order chi connectivity index (χ0) is 11.8. The fraction of sp³-hybridized carbons (Fsp3) is 0.182. The summed E-state index contributed by atoms with van der Waals surface area (Å²) in [6, 6.07) is 4.88. The number of nitrogens with zero attached hydrogens (tertiary/aromatic N) is 3. The van der Waals surface area contributed by atoms with Crippen molar-refractivity contribution in [2.24, 2.45) is 5.11 Å². The Morgan fingerprint density at radius 2 is 2.38 bits per heavy atom. The molecule has 0 saturated carbocycles. The van der Waals surface area contributed by atoms with Gasteiger partial charge in [-0.15, -0.1) is 0 Å². The van der Waals surface area contributed by atoms with Crippen molar-refractivity contribution in [3.8, 4) is 11.8 Å². The maximum atomic E-state index is 10.7. The average Bonchev–Trinajstić information content (AvgIpc) is 2.29. The van der Waals surface area contributed by atoms with Crippen LogP contribution in [-0.4, -0.2) is 12.8 Å². The van der Waals surface area contributed by atoms with Crippen molar-refractivity contribution < 1.29 is 4.79 Å². The standard InChI is InChI=1S/C11H8ClN3O/c12-11-5-4-10(8-16)9(7-11)3-1-2-6-14-15-13/h4-5,7-8H,2,6H2. The molecule has 0 aromatic heterocycles. The summed E-state index contributed by atoms with van der Waals surface area (Å²) < 4.78 is 0. The van der Waals surface area contributed by atoms with Crippen molar-refractivity contribution in [2.45, 2.75) is 6.42 Å². The second kappa shape index (κ2) is 6.52. The third kappa shape index (κ3) is 3.66. The van der Waals surface area contributed by atoms with Crippen LogP contribution in [0.15, 0.2) is 23.3 Å². The van der Waals surface area contributed by atoms with E-state index in [2.05, 4.69) is 21.9 Å². The van der Waals surface area contributed by atoms with Gasteiger partial charge in [0.1, 0.15) is 0 Å². The molecule has 0 saturated heterocycles. The van der Waals surface area contributed by atoms with Gasteiger partial charge in [0.2, 0.25) is 0 Å². The smallest absolute Gasteiger partial charge is 0.151 e. The summed E-state index contributed by atoms with van der Waals surface area (Å²) in [4.78, 5) is 13.3. The number of hydrogen-bond acceptors (Lipinski definition) is 2. The number of benzene rings is 1. The quantitative estimate of drug-likeness (QED) is 0.197. The first-order valence-corrected chi connectivity index (χ1v) is 4.90. The van der Waals surface area contributed by atoms with Gasteiger partial charge in [-0.2, -0.15) is 0 Å². The Labute approximate surface area is 97.9 Å². The first kappa shape index (κ1) is 12.1. The van der Waals surface area contributed by atoms with Crippen LogP contribution in [-0.2, 0) is 0 Å². The number of hydrogen-bond donors (Lipinski definition) is 0. The zero-order valence-electron chi connectivity index (χ0n) is 8.35. The van der Waals surface area contributed by atoms with Gasteiger partial charge in [-0.05, 0) is 23.7 Å². The van der Waals surface area contributed by atoms with Crippen LogP contribution in [0.3, 0.4) is 0 Å². The maximum Gasteiger partial charge on any atom is 0.151 e. The van der Waals surface area contributed by atoms with Crippen molar-refractivity contribution in [1.29, 1.82) is 0 Å². The number of carbonyl (C=O) groups is 1. The van der Waals surface area contributed by atoms with Gasteiger partial charge in [0, 0.05) is 34.0 Å². The van der Waals surface area contributed by atoms with Crippen LogP contribution < -0.4 is 0 Å². The van der Waals surface area contributed by atoms with Crippen molar-refractivity contribution in [1.82, 2.24) is 0 Å². The largest absolute Gasteiger partial charge is 0.298 e. The van der Waals surface area contributed by atoms with E-state index in [0.717, 1.165) is 6.29 Å². The Kier molecular flexibility index (Phi) is 4.94. The molecule has 0 unspecified atom stereocenters. The lowest BCUT2D eigenvalue weighted by Gasteiger charge is -1.96. The van der Waals surface area contributed by atoms with Crippen molar-refractivity contribution in [3.63, 3.8) is 0 Å². The van der Waals surface area contributed by atoms with Gasteiger partial charge < -0.3 is 0 Å². The van der Waals surface area contributed by atoms with Gasteiger partial charge in [-0.3, -0.25) is 4.79 Å². The molecule has 0 spiro atoms. The first-order chi connectivity index (χ1) is 7.77. The molecule has 0 amide bonds. The SMILES string of the molecule is [N-]=[N+]=NCCC#Cc1cc(Cl)ccc1C=O. The highest BCUT2D eigenvalue weighted by molar-refractivity contribution is 6.30. The van der Waals surface area contributed by atoms with E-state index in [0.29, 0.717) is 29.1 Å². The fourth-order valence-corrected chi connectivity index (χ4v) is 1.22. The van der Waals surface area contributed by atoms with Gasteiger partial charge in [0.15, 0.2) is 6.29 Å². The number of halogens is 1. The summed E-state index contributed by atoms with van der Waals surface area (Å²) in [6.45, 7) is 0.320. The van der Waals surface area contributed by atoms with E-state index in [-0.39, 0.29) is 0 Å². The van der Waals surface area contributed by atoms with E-state index in [9.17, 15) is 4.79 Å². The van der Waals surface area contributed by atoms with E-state index < -0.39 is 0 Å². The van der Waals surface area contributed by atoms with Gasteiger partial charge in [0.05, 0.1) is 0 Å². The molecule has 0 bridgehead atoms. The van der Waals surface area contributed by atoms with Crippen LogP contribution in [0.25, 0.3) is 10.4 Å². The molecule has 5 heteroatoms. The Morgan fingerprint density at radius 3 is 3.06 bits per heavy atom. The van der Waals surface area contributed by atoms with Gasteiger partial charge in [-0.25, -0.2) is 0 Å². The molecule has 0 aliphatic carbocycles. The molecule has 1 aromatic carbocycles. The lowest BCUT2D eigenvalue weighted by atomic mass is 10.1. The van der Waals surface area contributed by atoms with Gasteiger partial charge in [-0.1, -0.05) is 28.6 Å². The lowest BCUT2D eigenvalue weighted by Crippen LogP contribution is -1.86. The second-order valence-corrected chi connectivity index (χ2v) is 3.29. The minimum absolute atomic E-state index is 0.320. The predicted molar refractivity (Wildman–Crippen MR) is 62.3 cm³/mol. The molecule has 0 atom stereocenters. The number of carbonyl (C=O) groups excluding carboxylic acids is 1. The van der Waals surface area contributed by atoms with Crippen molar-refractivity contribution in [2.75, 3.05) is 6.54 Å². The molecule has 1 rings (SSSR count). The zero-order valence-corrected chi connectivity index (χ0v) is 9.11. The lowest BCUT2D eigenvalue weighted by molar-refractivity contribution is 0.112. The van der Waals surface area contributed by atoms with Crippen LogP contribution in [0.1, 0.15) is 22.3 Å². The van der Waals surface area contributed by atoms with Crippen LogP contribution in [0, 0.1) is 11.8 Å². The Morgan fingerprint density at radius 1 is 1.56 bits per heavy atom. The molecule has 80 valence electrons. The van der Waals surface area contributed by atoms with Crippen LogP contribution >= 0.6 is 11.6 Å². The van der Waals surface area contributed by atoms with E-state index in [1.807, 2.05) is 0 Å². The van der Waals surface area contributed by atoms with Gasteiger partial charge in [0.25, 0.3) is 0 Å². The predicted octanol–water partition coefficient (Wildman–Crippen LogP) is 3.20. The Bertz CT molecular complexity index is 496. The summed E-state index contributed by atoms with van der Waals surface area (Å²) in [5, 5.41) is 3.88. The number of rotatable bonds is 3. The van der Waals surface area contributed by atoms with E-state index in [1.165, 1.54) is 0 Å². The third-order valence-electron chi connectivity index (χ3n) is 1.77. The number of aldehydes is 1. The molecule has 0 heterocycles. The first-order valence-electron chi connectivity index (χ1n) is 4.52.